The molecule has 1 rings (SSSR count). The lowest BCUT2D eigenvalue weighted by atomic mass is 10.2. The number of ether oxygens (including phenoxy) is 1. The average Bonchev–Trinajstić information content (AvgIpc) is 2.69. The van der Waals surface area contributed by atoms with Gasteiger partial charge in [0.15, 0.2) is 5.13 Å². The highest BCUT2D eigenvalue weighted by atomic mass is 32.1. The van der Waals surface area contributed by atoms with Crippen molar-refractivity contribution in [3.8, 4) is 0 Å². The summed E-state index contributed by atoms with van der Waals surface area (Å²) in [6.07, 6.45) is -0.709. The number of methoxy groups -OCH3 is 1. The lowest BCUT2D eigenvalue weighted by Crippen LogP contribution is -2.37. The maximum atomic E-state index is 11.5. The van der Waals surface area contributed by atoms with Gasteiger partial charge in [0.2, 0.25) is 0 Å². The molecule has 0 aliphatic heterocycles. The number of aryl methyl sites for hydroxylation is 1. The zero-order chi connectivity index (χ0) is 13.5. The number of hydrogen-bond donors (Lipinski definition) is 3. The molecule has 0 fully saturated rings. The van der Waals surface area contributed by atoms with Crippen LogP contribution in [0.15, 0.2) is 5.38 Å². The van der Waals surface area contributed by atoms with Crippen molar-refractivity contribution >= 4 is 28.5 Å². The summed E-state index contributed by atoms with van der Waals surface area (Å²) in [4.78, 5) is 26.0. The third-order valence-electron chi connectivity index (χ3n) is 2.07. The molecular weight excluding hydrogens is 258 g/mol. The van der Waals surface area contributed by atoms with Crippen LogP contribution in [0.4, 0.5) is 9.93 Å². The highest BCUT2D eigenvalue weighted by molar-refractivity contribution is 7.13. The Morgan fingerprint density at radius 1 is 1.61 bits per heavy atom. The molecule has 3 N–H and O–H groups in total. The minimum atomic E-state index is -0.973. The molecule has 1 aromatic rings. The number of carbonyl (C=O) groups is 2. The standard InChI is InChI=1S/C10H15N3O4S/c1-6-5-18-10(12-6)13-9(16)11-4-7(17-2)3-8(14)15/h5,7H,3-4H2,1-2H3,(H,14,15)(H2,11,12,13,16). The normalized spacial score (nSPS) is 11.9. The number of urea groups is 1. The quantitative estimate of drug-likeness (QED) is 0.719. The Morgan fingerprint density at radius 3 is 2.83 bits per heavy atom. The Hall–Kier alpha value is -1.67. The predicted molar refractivity (Wildman–Crippen MR) is 66.9 cm³/mol. The van der Waals surface area contributed by atoms with Crippen LogP contribution < -0.4 is 10.6 Å². The van der Waals surface area contributed by atoms with E-state index in [0.29, 0.717) is 5.13 Å². The maximum Gasteiger partial charge on any atom is 0.321 e. The van der Waals surface area contributed by atoms with Gasteiger partial charge in [0.1, 0.15) is 0 Å². The number of nitrogens with one attached hydrogen (secondary N) is 2. The van der Waals surface area contributed by atoms with Gasteiger partial charge in [-0.2, -0.15) is 0 Å². The number of nitrogens with zero attached hydrogens (tertiary/aromatic N) is 1. The molecule has 0 radical (unpaired) electrons. The smallest absolute Gasteiger partial charge is 0.321 e. The van der Waals surface area contributed by atoms with Gasteiger partial charge in [-0.25, -0.2) is 9.78 Å². The van der Waals surface area contributed by atoms with Crippen LogP contribution in [0.2, 0.25) is 0 Å². The highest BCUT2D eigenvalue weighted by Gasteiger charge is 2.13. The summed E-state index contributed by atoms with van der Waals surface area (Å²) in [6, 6.07) is -0.434. The number of thiazole rings is 1. The van der Waals surface area contributed by atoms with Crippen molar-refractivity contribution in [3.63, 3.8) is 0 Å². The lowest BCUT2D eigenvalue weighted by Gasteiger charge is -2.13. The molecule has 0 saturated heterocycles. The first-order valence-corrected chi connectivity index (χ1v) is 6.10. The number of carboxylic acid groups (broad SMARTS) is 1. The third-order valence-corrected chi connectivity index (χ3v) is 2.94. The number of aromatic nitrogens is 1. The average molecular weight is 273 g/mol. The molecule has 1 heterocycles. The van der Waals surface area contributed by atoms with Gasteiger partial charge in [0.05, 0.1) is 18.2 Å². The third kappa shape index (κ3) is 5.11. The SMILES string of the molecule is COC(CNC(=O)Nc1nc(C)cs1)CC(=O)O. The van der Waals surface area contributed by atoms with Crippen molar-refractivity contribution in [1.82, 2.24) is 10.3 Å². The second-order valence-corrected chi connectivity index (χ2v) is 4.44. The summed E-state index contributed by atoms with van der Waals surface area (Å²) in [6.45, 7) is 1.95. The van der Waals surface area contributed by atoms with Crippen LogP contribution in [0.1, 0.15) is 12.1 Å². The summed E-state index contributed by atoms with van der Waals surface area (Å²) < 4.78 is 4.93. The van der Waals surface area contributed by atoms with Crippen molar-refractivity contribution in [2.75, 3.05) is 19.0 Å². The Balaban J connectivity index is 2.33. The lowest BCUT2D eigenvalue weighted by molar-refractivity contribution is -0.139. The molecule has 0 bridgehead atoms. The van der Waals surface area contributed by atoms with Gasteiger partial charge < -0.3 is 15.2 Å². The van der Waals surface area contributed by atoms with E-state index in [1.54, 1.807) is 0 Å². The van der Waals surface area contributed by atoms with Gasteiger partial charge in [0.25, 0.3) is 0 Å². The summed E-state index contributed by atoms with van der Waals surface area (Å²) >= 11 is 1.32. The molecule has 8 heteroatoms. The minimum Gasteiger partial charge on any atom is -0.481 e. The number of amides is 2. The van der Waals surface area contributed by atoms with Gasteiger partial charge in [-0.15, -0.1) is 11.3 Å². The van der Waals surface area contributed by atoms with E-state index in [1.807, 2.05) is 12.3 Å². The van der Waals surface area contributed by atoms with Crippen LogP contribution in [0, 0.1) is 6.92 Å². The first-order valence-electron chi connectivity index (χ1n) is 5.23. The van der Waals surface area contributed by atoms with Gasteiger partial charge >= 0.3 is 12.0 Å². The van der Waals surface area contributed by atoms with Crippen LogP contribution >= 0.6 is 11.3 Å². The Bertz CT molecular complexity index is 421. The largest absolute Gasteiger partial charge is 0.481 e. The van der Waals surface area contributed by atoms with Crippen molar-refractivity contribution < 1.29 is 19.4 Å². The Labute approximate surface area is 108 Å². The monoisotopic (exact) mass is 273 g/mol. The van der Waals surface area contributed by atoms with Gasteiger partial charge in [-0.3, -0.25) is 10.1 Å². The van der Waals surface area contributed by atoms with Crippen molar-refractivity contribution in [2.45, 2.75) is 19.4 Å². The molecular formula is C10H15N3O4S. The molecule has 0 aromatic carbocycles. The second-order valence-electron chi connectivity index (χ2n) is 3.58. The first-order chi connectivity index (χ1) is 8.51. The van der Waals surface area contributed by atoms with Crippen molar-refractivity contribution in [2.24, 2.45) is 0 Å². The summed E-state index contributed by atoms with van der Waals surface area (Å²) in [5.74, 6) is -0.973. The molecule has 0 saturated carbocycles. The fraction of sp³-hybridized carbons (Fsp3) is 0.500. The molecule has 100 valence electrons. The molecule has 1 unspecified atom stereocenters. The van der Waals surface area contributed by atoms with Crippen molar-refractivity contribution in [3.05, 3.63) is 11.1 Å². The van der Waals surface area contributed by atoms with E-state index in [0.717, 1.165) is 5.69 Å². The fourth-order valence-electron chi connectivity index (χ4n) is 1.19. The van der Waals surface area contributed by atoms with E-state index in [-0.39, 0.29) is 13.0 Å². The number of rotatable bonds is 6. The van der Waals surface area contributed by atoms with Gasteiger partial charge in [0, 0.05) is 19.0 Å². The van der Waals surface area contributed by atoms with Crippen LogP contribution in [-0.4, -0.2) is 41.8 Å². The number of hydrogen-bond acceptors (Lipinski definition) is 5. The molecule has 1 aromatic heterocycles. The number of carbonyl (C=O) groups excluding carboxylic acids is 1. The predicted octanol–water partition coefficient (Wildman–Crippen LogP) is 1.06. The van der Waals surface area contributed by atoms with E-state index >= 15 is 0 Å². The van der Waals surface area contributed by atoms with E-state index in [2.05, 4.69) is 15.6 Å². The molecule has 2 amide bonds. The van der Waals surface area contributed by atoms with Crippen LogP contribution in [0.25, 0.3) is 0 Å². The number of aliphatic carboxylic acids is 1. The second kappa shape index (κ2) is 6.92. The zero-order valence-corrected chi connectivity index (χ0v) is 10.9. The zero-order valence-electron chi connectivity index (χ0n) is 10.1. The van der Waals surface area contributed by atoms with E-state index in [1.165, 1.54) is 18.4 Å². The molecule has 0 aliphatic carbocycles. The van der Waals surface area contributed by atoms with Crippen LogP contribution in [0.3, 0.4) is 0 Å². The molecule has 1 atom stereocenters. The van der Waals surface area contributed by atoms with E-state index in [4.69, 9.17) is 9.84 Å². The van der Waals surface area contributed by atoms with Gasteiger partial charge in [-0.05, 0) is 6.92 Å². The molecule has 0 aliphatic rings. The van der Waals surface area contributed by atoms with E-state index < -0.39 is 18.1 Å². The van der Waals surface area contributed by atoms with Crippen LogP contribution in [0.5, 0.6) is 0 Å². The van der Waals surface area contributed by atoms with Gasteiger partial charge in [-0.1, -0.05) is 0 Å². The topological polar surface area (TPSA) is 101 Å². The summed E-state index contributed by atoms with van der Waals surface area (Å²) in [5.41, 5.74) is 0.830. The molecule has 7 nitrogen and oxygen atoms in total. The molecule has 0 spiro atoms. The van der Waals surface area contributed by atoms with Crippen LogP contribution in [-0.2, 0) is 9.53 Å². The van der Waals surface area contributed by atoms with Crippen molar-refractivity contribution in [1.29, 1.82) is 0 Å². The fourth-order valence-corrected chi connectivity index (χ4v) is 1.88. The van der Waals surface area contributed by atoms with E-state index in [9.17, 15) is 9.59 Å². The Kier molecular flexibility index (Phi) is 5.53. The molecule has 18 heavy (non-hydrogen) atoms. The number of carboxylic acids is 1. The maximum absolute atomic E-state index is 11.5. The Morgan fingerprint density at radius 2 is 2.33 bits per heavy atom. The minimum absolute atomic E-state index is 0.124. The summed E-state index contributed by atoms with van der Waals surface area (Å²) in [7, 11) is 1.40. The first kappa shape index (κ1) is 14.4. The highest BCUT2D eigenvalue weighted by Crippen LogP contribution is 2.13. The number of anilines is 1. The summed E-state index contributed by atoms with van der Waals surface area (Å²) in [5, 5.41) is 16.0.